The Balaban J connectivity index is 1.19. The highest BCUT2D eigenvalue weighted by atomic mass is 16.5. The second-order valence-electron chi connectivity index (χ2n) is 8.53. The Hall–Kier alpha value is -4.26. The van der Waals surface area contributed by atoms with Crippen molar-refractivity contribution < 1.29 is 23.5 Å². The van der Waals surface area contributed by atoms with Crippen molar-refractivity contribution >= 4 is 34.2 Å². The summed E-state index contributed by atoms with van der Waals surface area (Å²) in [6, 6.07) is 18.4. The fourth-order valence-electron chi connectivity index (χ4n) is 4.42. The molecular weight excluding hydrogens is 444 g/mol. The third-order valence-corrected chi connectivity index (χ3v) is 6.08. The molecule has 5 rings (SSSR count). The molecular formula is C28H26N2O5. The lowest BCUT2D eigenvalue weighted by atomic mass is 10.0. The minimum absolute atomic E-state index is 0.156. The van der Waals surface area contributed by atoms with E-state index in [4.69, 9.17) is 13.9 Å². The highest BCUT2D eigenvalue weighted by molar-refractivity contribution is 5.97. The number of hydrogen-bond donors (Lipinski definition) is 2. The summed E-state index contributed by atoms with van der Waals surface area (Å²) < 4.78 is 16.5. The predicted molar refractivity (Wildman–Crippen MR) is 134 cm³/mol. The summed E-state index contributed by atoms with van der Waals surface area (Å²) >= 11 is 0. The van der Waals surface area contributed by atoms with Crippen molar-refractivity contribution in [3.8, 4) is 11.5 Å². The van der Waals surface area contributed by atoms with Crippen LogP contribution in [0, 0.1) is 0 Å². The van der Waals surface area contributed by atoms with Crippen LogP contribution in [0.15, 0.2) is 71.3 Å². The molecule has 0 spiro atoms. The Morgan fingerprint density at radius 3 is 2.37 bits per heavy atom. The molecule has 1 aliphatic rings. The number of carbonyl (C=O) groups excluding carboxylic acids is 2. The average Bonchev–Trinajstić information content (AvgIpc) is 3.48. The van der Waals surface area contributed by atoms with Gasteiger partial charge < -0.3 is 24.5 Å². The Morgan fingerprint density at radius 2 is 1.60 bits per heavy atom. The normalized spacial score (nSPS) is 12.3. The first-order chi connectivity index (χ1) is 17.1. The van der Waals surface area contributed by atoms with E-state index in [1.54, 1.807) is 55.8 Å². The number of aryl methyl sites for hydroxylation is 2. The number of rotatable bonds is 8. The Labute approximate surface area is 203 Å². The smallest absolute Gasteiger partial charge is 0.262 e. The van der Waals surface area contributed by atoms with Crippen LogP contribution in [0.5, 0.6) is 11.5 Å². The molecule has 3 aromatic carbocycles. The lowest BCUT2D eigenvalue weighted by Crippen LogP contribution is -2.20. The van der Waals surface area contributed by atoms with E-state index in [0.717, 1.165) is 35.8 Å². The molecule has 7 heteroatoms. The maximum Gasteiger partial charge on any atom is 0.262 e. The first-order valence-electron chi connectivity index (χ1n) is 11.6. The van der Waals surface area contributed by atoms with Gasteiger partial charge in [0.1, 0.15) is 5.58 Å². The zero-order valence-electron chi connectivity index (χ0n) is 19.4. The summed E-state index contributed by atoms with van der Waals surface area (Å²) in [6.45, 7) is -0.172. The van der Waals surface area contributed by atoms with E-state index >= 15 is 0 Å². The van der Waals surface area contributed by atoms with E-state index in [0.29, 0.717) is 22.9 Å². The monoisotopic (exact) mass is 470 g/mol. The molecule has 0 radical (unpaired) electrons. The minimum Gasteiger partial charge on any atom is -0.493 e. The van der Waals surface area contributed by atoms with Gasteiger partial charge in [-0.15, -0.1) is 0 Å². The van der Waals surface area contributed by atoms with Crippen LogP contribution in [0.3, 0.4) is 0 Å². The molecule has 0 aliphatic heterocycles. The summed E-state index contributed by atoms with van der Waals surface area (Å²) in [5.41, 5.74) is 5.53. The molecule has 0 atom stereocenters. The molecule has 0 saturated carbocycles. The fraction of sp³-hybridized carbons (Fsp3) is 0.214. The van der Waals surface area contributed by atoms with Gasteiger partial charge in [-0.1, -0.05) is 18.2 Å². The third-order valence-electron chi connectivity index (χ3n) is 6.08. The van der Waals surface area contributed by atoms with Gasteiger partial charge in [-0.25, -0.2) is 0 Å². The van der Waals surface area contributed by atoms with Crippen LogP contribution in [0.4, 0.5) is 11.4 Å². The van der Waals surface area contributed by atoms with Gasteiger partial charge in [-0.2, -0.15) is 0 Å². The second-order valence-corrected chi connectivity index (χ2v) is 8.53. The third kappa shape index (κ3) is 5.14. The van der Waals surface area contributed by atoms with Crippen molar-refractivity contribution in [1.82, 2.24) is 0 Å². The number of benzene rings is 3. The van der Waals surface area contributed by atoms with E-state index in [9.17, 15) is 9.59 Å². The van der Waals surface area contributed by atoms with E-state index < -0.39 is 0 Å². The highest BCUT2D eigenvalue weighted by Crippen LogP contribution is 2.31. The number of ether oxygens (including phenoxy) is 2. The Kier molecular flexibility index (Phi) is 6.39. The van der Waals surface area contributed by atoms with E-state index in [2.05, 4.69) is 22.8 Å². The summed E-state index contributed by atoms with van der Waals surface area (Å²) in [5.74, 6) is 0.565. The molecule has 1 heterocycles. The van der Waals surface area contributed by atoms with Gasteiger partial charge in [0.2, 0.25) is 5.91 Å². The SMILES string of the molecule is COc1ccccc1OCC(=O)Nc1cccc(NC(=O)Cc2coc3cc4c(cc23)CCC4)c1. The van der Waals surface area contributed by atoms with Crippen LogP contribution in [0.25, 0.3) is 11.0 Å². The molecule has 35 heavy (non-hydrogen) atoms. The lowest BCUT2D eigenvalue weighted by molar-refractivity contribution is -0.118. The molecule has 0 saturated heterocycles. The van der Waals surface area contributed by atoms with Gasteiger partial charge in [0.05, 0.1) is 19.8 Å². The van der Waals surface area contributed by atoms with Crippen molar-refractivity contribution in [1.29, 1.82) is 0 Å². The van der Waals surface area contributed by atoms with E-state index in [-0.39, 0.29) is 24.8 Å². The molecule has 2 amide bonds. The van der Waals surface area contributed by atoms with E-state index in [1.165, 1.54) is 11.1 Å². The predicted octanol–water partition coefficient (Wildman–Crippen LogP) is 5.13. The van der Waals surface area contributed by atoms with Crippen LogP contribution in [0.1, 0.15) is 23.1 Å². The number of anilines is 2. The van der Waals surface area contributed by atoms with Crippen LogP contribution < -0.4 is 20.1 Å². The maximum absolute atomic E-state index is 12.7. The standard InChI is InChI=1S/C28H26N2O5/c1-33-24-10-2-3-11-25(24)35-17-28(32)30-22-9-5-8-21(15-22)29-27(31)14-20-16-34-26-13-19-7-4-6-18(19)12-23(20)26/h2-3,5,8-13,15-16H,4,6-7,14,17H2,1H3,(H,29,31)(H,30,32). The van der Waals surface area contributed by atoms with E-state index in [1.807, 2.05) is 6.07 Å². The number of furan rings is 1. The molecule has 4 aromatic rings. The first kappa shape index (κ1) is 22.5. The Morgan fingerprint density at radius 1 is 0.886 bits per heavy atom. The van der Waals surface area contributed by atoms with Gasteiger partial charge in [0, 0.05) is 22.3 Å². The van der Waals surface area contributed by atoms with Crippen LogP contribution in [0.2, 0.25) is 0 Å². The summed E-state index contributed by atoms with van der Waals surface area (Å²) in [6.07, 6.45) is 5.19. The topological polar surface area (TPSA) is 89.8 Å². The van der Waals surface area contributed by atoms with Gasteiger partial charge in [-0.05, 0) is 72.9 Å². The summed E-state index contributed by atoms with van der Waals surface area (Å²) in [5, 5.41) is 6.69. The second kappa shape index (κ2) is 9.93. The molecule has 0 unspecified atom stereocenters. The number of nitrogens with one attached hydrogen (secondary N) is 2. The van der Waals surface area contributed by atoms with Crippen molar-refractivity contribution in [3.63, 3.8) is 0 Å². The number of carbonyl (C=O) groups is 2. The molecule has 7 nitrogen and oxygen atoms in total. The quantitative estimate of drug-likeness (QED) is 0.373. The van der Waals surface area contributed by atoms with Crippen LogP contribution in [-0.4, -0.2) is 25.5 Å². The first-order valence-corrected chi connectivity index (χ1v) is 11.6. The Bertz CT molecular complexity index is 1390. The molecule has 0 bridgehead atoms. The largest absolute Gasteiger partial charge is 0.493 e. The maximum atomic E-state index is 12.7. The summed E-state index contributed by atoms with van der Waals surface area (Å²) in [4.78, 5) is 25.1. The van der Waals surface area contributed by atoms with Gasteiger partial charge in [0.15, 0.2) is 18.1 Å². The van der Waals surface area contributed by atoms with Crippen molar-refractivity contribution in [3.05, 3.63) is 83.6 Å². The van der Waals surface area contributed by atoms with Crippen LogP contribution in [-0.2, 0) is 28.9 Å². The zero-order chi connectivity index (χ0) is 24.2. The number of fused-ring (bicyclic) bond motifs is 2. The fourth-order valence-corrected chi connectivity index (χ4v) is 4.42. The van der Waals surface area contributed by atoms with Crippen molar-refractivity contribution in [2.75, 3.05) is 24.4 Å². The molecule has 2 N–H and O–H groups in total. The highest BCUT2D eigenvalue weighted by Gasteiger charge is 2.17. The lowest BCUT2D eigenvalue weighted by Gasteiger charge is -2.11. The van der Waals surface area contributed by atoms with Crippen LogP contribution >= 0.6 is 0 Å². The minimum atomic E-state index is -0.322. The number of para-hydroxylation sites is 2. The summed E-state index contributed by atoms with van der Waals surface area (Å²) in [7, 11) is 1.54. The zero-order valence-corrected chi connectivity index (χ0v) is 19.4. The number of amides is 2. The van der Waals surface area contributed by atoms with Crippen molar-refractivity contribution in [2.24, 2.45) is 0 Å². The van der Waals surface area contributed by atoms with Gasteiger partial charge in [0.25, 0.3) is 5.91 Å². The average molecular weight is 471 g/mol. The molecule has 1 aliphatic carbocycles. The van der Waals surface area contributed by atoms with Crippen molar-refractivity contribution in [2.45, 2.75) is 25.7 Å². The number of hydrogen-bond acceptors (Lipinski definition) is 5. The number of methoxy groups -OCH3 is 1. The molecule has 0 fully saturated rings. The molecule has 178 valence electrons. The van der Waals surface area contributed by atoms with Gasteiger partial charge in [-0.3, -0.25) is 9.59 Å². The van der Waals surface area contributed by atoms with Gasteiger partial charge >= 0.3 is 0 Å². The molecule has 1 aromatic heterocycles.